The van der Waals surface area contributed by atoms with Crippen molar-refractivity contribution in [3.05, 3.63) is 34.4 Å². The molecule has 9 heteroatoms. The molecule has 0 aliphatic heterocycles. The van der Waals surface area contributed by atoms with Crippen molar-refractivity contribution in [1.29, 1.82) is 0 Å². The Bertz CT molecular complexity index is 949. The van der Waals surface area contributed by atoms with Gasteiger partial charge in [-0.05, 0) is 12.0 Å². The van der Waals surface area contributed by atoms with Crippen LogP contribution in [-0.2, 0) is 4.79 Å². The molecule has 0 saturated carbocycles. The minimum absolute atomic E-state index is 0.0310. The van der Waals surface area contributed by atoms with Crippen molar-refractivity contribution in [3.63, 3.8) is 0 Å². The van der Waals surface area contributed by atoms with Gasteiger partial charge < -0.3 is 19.7 Å². The van der Waals surface area contributed by atoms with Crippen molar-refractivity contribution in [3.8, 4) is 23.0 Å². The van der Waals surface area contributed by atoms with E-state index in [0.29, 0.717) is 0 Å². The number of aromatic nitrogens is 2. The maximum atomic E-state index is 12.8. The lowest BCUT2D eigenvalue weighted by atomic mass is 9.78. The molecule has 26 heavy (non-hydrogen) atoms. The maximum absolute atomic E-state index is 12.8. The van der Waals surface area contributed by atoms with E-state index in [1.165, 1.54) is 0 Å². The molecule has 0 saturated heterocycles. The summed E-state index contributed by atoms with van der Waals surface area (Å²) in [5.74, 6) is -4.03. The van der Waals surface area contributed by atoms with E-state index in [0.717, 1.165) is 12.1 Å². The van der Waals surface area contributed by atoms with Crippen LogP contribution in [-0.4, -0.2) is 37.1 Å². The molecule has 0 radical (unpaired) electrons. The number of Topliss-reactive ketones (excluding diaryl/α,β-unsaturated/α-hetero) is 1. The van der Waals surface area contributed by atoms with E-state index in [-0.39, 0.29) is 34.6 Å². The van der Waals surface area contributed by atoms with Crippen molar-refractivity contribution in [1.82, 2.24) is 10.2 Å². The first-order valence-electron chi connectivity index (χ1n) is 7.73. The Morgan fingerprint density at radius 3 is 2.58 bits per heavy atom. The Balaban J connectivity index is 2.09. The van der Waals surface area contributed by atoms with Gasteiger partial charge in [0, 0.05) is 19.4 Å². The molecule has 1 aliphatic rings. The third kappa shape index (κ3) is 2.92. The van der Waals surface area contributed by atoms with Crippen LogP contribution in [0.2, 0.25) is 5.02 Å². The summed E-state index contributed by atoms with van der Waals surface area (Å²) in [6.45, 7) is 3.18. The average Bonchev–Trinajstić information content (AvgIpc) is 2.96. The number of aromatic hydroxyl groups is 2. The van der Waals surface area contributed by atoms with Crippen LogP contribution in [0.4, 0.5) is 0 Å². The molecule has 0 bridgehead atoms. The molecule has 2 atom stereocenters. The quantitative estimate of drug-likeness (QED) is 0.694. The third-order valence-electron chi connectivity index (χ3n) is 4.22. The number of allylic oxidation sites excluding steroid dienone is 2. The molecule has 8 nitrogen and oxygen atoms in total. The van der Waals surface area contributed by atoms with Crippen molar-refractivity contribution in [2.75, 3.05) is 0 Å². The molecule has 0 amide bonds. The van der Waals surface area contributed by atoms with Crippen molar-refractivity contribution >= 4 is 23.2 Å². The number of hydrogen-bond acceptors (Lipinski definition) is 8. The SMILES string of the molecule is Cc1nnc(-c2cc(O)c(C(=O)[C@H]3C(O)=CC(=O)C[C@H]3C)c(O)c2Cl)o1. The number of aliphatic hydroxyl groups is 1. The van der Waals surface area contributed by atoms with E-state index >= 15 is 0 Å². The second-order valence-corrected chi connectivity index (χ2v) is 6.54. The van der Waals surface area contributed by atoms with Gasteiger partial charge in [0.1, 0.15) is 22.8 Å². The molecule has 3 N–H and O–H groups in total. The number of phenolic OH excluding ortho intramolecular Hbond substituents is 2. The molecule has 3 rings (SSSR count). The normalized spacial score (nSPS) is 20.1. The van der Waals surface area contributed by atoms with Crippen LogP contribution in [0, 0.1) is 18.8 Å². The largest absolute Gasteiger partial charge is 0.511 e. The first-order valence-corrected chi connectivity index (χ1v) is 8.11. The maximum Gasteiger partial charge on any atom is 0.249 e. The van der Waals surface area contributed by atoms with Crippen LogP contribution < -0.4 is 0 Å². The summed E-state index contributed by atoms with van der Waals surface area (Å²) in [6, 6.07) is 1.13. The number of phenols is 2. The molecule has 0 fully saturated rings. The van der Waals surface area contributed by atoms with Gasteiger partial charge in [-0.2, -0.15) is 0 Å². The number of ketones is 2. The molecule has 1 aliphatic carbocycles. The van der Waals surface area contributed by atoms with Gasteiger partial charge in [-0.1, -0.05) is 18.5 Å². The van der Waals surface area contributed by atoms with Gasteiger partial charge >= 0.3 is 0 Å². The minimum Gasteiger partial charge on any atom is -0.511 e. The zero-order valence-electron chi connectivity index (χ0n) is 13.9. The monoisotopic (exact) mass is 378 g/mol. The Kier molecular flexibility index (Phi) is 4.45. The predicted octanol–water partition coefficient (Wildman–Crippen LogP) is 2.96. The molecule has 0 spiro atoms. The molecule has 1 aromatic carbocycles. The van der Waals surface area contributed by atoms with Gasteiger partial charge in [-0.25, -0.2) is 0 Å². The predicted molar refractivity (Wildman–Crippen MR) is 90.1 cm³/mol. The summed E-state index contributed by atoms with van der Waals surface area (Å²) >= 11 is 6.12. The highest BCUT2D eigenvalue weighted by Crippen LogP contribution is 2.44. The van der Waals surface area contributed by atoms with E-state index in [9.17, 15) is 24.9 Å². The molecule has 0 unspecified atom stereocenters. The summed E-state index contributed by atoms with van der Waals surface area (Å²) in [7, 11) is 0. The molecule has 1 heterocycles. The number of aliphatic hydroxyl groups excluding tert-OH is 1. The Morgan fingerprint density at radius 2 is 2.00 bits per heavy atom. The minimum atomic E-state index is -1.07. The number of halogens is 1. The zero-order valence-corrected chi connectivity index (χ0v) is 14.6. The van der Waals surface area contributed by atoms with Crippen molar-refractivity contribution in [2.45, 2.75) is 20.3 Å². The number of carbonyl (C=O) groups is 2. The smallest absolute Gasteiger partial charge is 0.249 e. The number of hydrogen-bond donors (Lipinski definition) is 3. The number of nitrogens with zero attached hydrogens (tertiary/aromatic N) is 2. The third-order valence-corrected chi connectivity index (χ3v) is 4.61. The van der Waals surface area contributed by atoms with Crippen LogP contribution in [0.25, 0.3) is 11.5 Å². The van der Waals surface area contributed by atoms with E-state index in [1.54, 1.807) is 13.8 Å². The van der Waals surface area contributed by atoms with E-state index in [4.69, 9.17) is 16.0 Å². The second-order valence-electron chi connectivity index (χ2n) is 6.17. The molecular weight excluding hydrogens is 364 g/mol. The molecule has 1 aromatic heterocycles. The Labute approximate surface area is 152 Å². The first kappa shape index (κ1) is 17.9. The lowest BCUT2D eigenvalue weighted by molar-refractivity contribution is -0.116. The van der Waals surface area contributed by atoms with Gasteiger partial charge in [0.05, 0.1) is 16.5 Å². The number of rotatable bonds is 3. The highest BCUT2D eigenvalue weighted by atomic mass is 35.5. The molecule has 136 valence electrons. The molecule has 2 aromatic rings. The van der Waals surface area contributed by atoms with Crippen LogP contribution in [0.1, 0.15) is 29.6 Å². The summed E-state index contributed by atoms with van der Waals surface area (Å²) in [5.41, 5.74) is -0.383. The van der Waals surface area contributed by atoms with Gasteiger partial charge in [0.2, 0.25) is 11.8 Å². The highest BCUT2D eigenvalue weighted by Gasteiger charge is 2.37. The van der Waals surface area contributed by atoms with Crippen LogP contribution >= 0.6 is 11.6 Å². The van der Waals surface area contributed by atoms with E-state index in [2.05, 4.69) is 10.2 Å². The van der Waals surface area contributed by atoms with Crippen molar-refractivity contribution < 1.29 is 29.3 Å². The number of carbonyl (C=O) groups excluding carboxylic acids is 2. The fourth-order valence-electron chi connectivity index (χ4n) is 3.02. The zero-order chi connectivity index (χ0) is 19.2. The van der Waals surface area contributed by atoms with Crippen LogP contribution in [0.15, 0.2) is 22.3 Å². The fourth-order valence-corrected chi connectivity index (χ4v) is 3.25. The highest BCUT2D eigenvalue weighted by molar-refractivity contribution is 6.35. The number of benzene rings is 1. The summed E-state index contributed by atoms with van der Waals surface area (Å²) in [5, 5.41) is 37.8. The number of aryl methyl sites for hydroxylation is 1. The van der Waals surface area contributed by atoms with Gasteiger partial charge in [-0.3, -0.25) is 9.59 Å². The topological polar surface area (TPSA) is 134 Å². The first-order chi connectivity index (χ1) is 12.2. The van der Waals surface area contributed by atoms with E-state index in [1.807, 2.05) is 0 Å². The lowest BCUT2D eigenvalue weighted by Crippen LogP contribution is -2.30. The lowest BCUT2D eigenvalue weighted by Gasteiger charge is -2.25. The Morgan fingerprint density at radius 1 is 1.31 bits per heavy atom. The van der Waals surface area contributed by atoms with Gasteiger partial charge in [-0.15, -0.1) is 10.2 Å². The average molecular weight is 379 g/mol. The van der Waals surface area contributed by atoms with Gasteiger partial charge in [0.15, 0.2) is 11.6 Å². The Hall–Kier alpha value is -2.87. The molecular formula is C17H15ClN2O6. The van der Waals surface area contributed by atoms with Crippen LogP contribution in [0.5, 0.6) is 11.5 Å². The van der Waals surface area contributed by atoms with E-state index < -0.39 is 40.4 Å². The van der Waals surface area contributed by atoms with Crippen LogP contribution in [0.3, 0.4) is 0 Å². The van der Waals surface area contributed by atoms with Crippen molar-refractivity contribution in [2.24, 2.45) is 11.8 Å². The summed E-state index contributed by atoms with van der Waals surface area (Å²) in [4.78, 5) is 24.3. The fraction of sp³-hybridized carbons (Fsp3) is 0.294. The standard InChI is InChI=1S/C17H15ClN2O6/c1-6-3-8(21)4-10(22)12(6)15(24)13-11(23)5-9(14(18)16(13)25)17-20-19-7(2)26-17/h4-6,12,22-23,25H,3H2,1-2H3/t6-,12-/m1/s1. The summed E-state index contributed by atoms with van der Waals surface area (Å²) < 4.78 is 5.22. The second kappa shape index (κ2) is 6.45. The summed E-state index contributed by atoms with van der Waals surface area (Å²) in [6.07, 6.45) is 1.04. The van der Waals surface area contributed by atoms with Gasteiger partial charge in [0.25, 0.3) is 0 Å².